The number of carbonyl (C=O) groups is 3. The number of thiophene rings is 1. The van der Waals surface area contributed by atoms with Gasteiger partial charge in [0.2, 0.25) is 11.8 Å². The molecule has 0 unspecified atom stereocenters. The highest BCUT2D eigenvalue weighted by molar-refractivity contribution is 9.10. The largest absolute Gasteiger partial charge is 0.331 e. The number of amides is 4. The van der Waals surface area contributed by atoms with E-state index in [4.69, 9.17) is 0 Å². The molecular formula is C9H7BrN2O3S. The first-order valence-electron chi connectivity index (χ1n) is 4.44. The van der Waals surface area contributed by atoms with E-state index in [0.29, 0.717) is 0 Å². The van der Waals surface area contributed by atoms with Gasteiger partial charge in [-0.05, 0) is 27.4 Å². The third-order valence-electron chi connectivity index (χ3n) is 2.10. The number of carbonyl (C=O) groups excluding carboxylic acids is 3. The van der Waals surface area contributed by atoms with Crippen molar-refractivity contribution in [2.75, 3.05) is 0 Å². The summed E-state index contributed by atoms with van der Waals surface area (Å²) in [4.78, 5) is 35.7. The summed E-state index contributed by atoms with van der Waals surface area (Å²) in [6, 6.07) is 1.19. The molecule has 1 saturated heterocycles. The van der Waals surface area contributed by atoms with E-state index in [9.17, 15) is 14.4 Å². The van der Waals surface area contributed by atoms with Gasteiger partial charge in [-0.2, -0.15) is 0 Å². The lowest BCUT2D eigenvalue weighted by Crippen LogP contribution is -2.52. The second-order valence-corrected chi connectivity index (χ2v) is 5.06. The zero-order valence-corrected chi connectivity index (χ0v) is 10.4. The van der Waals surface area contributed by atoms with Crippen molar-refractivity contribution in [3.05, 3.63) is 20.8 Å². The Morgan fingerprint density at radius 2 is 2.19 bits per heavy atom. The molecule has 0 atom stereocenters. The summed E-state index contributed by atoms with van der Waals surface area (Å²) in [7, 11) is 0. The smallest absolute Gasteiger partial charge is 0.277 e. The first kappa shape index (κ1) is 11.3. The number of hydrogen-bond donors (Lipinski definition) is 1. The maximum atomic E-state index is 11.5. The van der Waals surface area contributed by atoms with Gasteiger partial charge in [-0.25, -0.2) is 4.79 Å². The zero-order valence-electron chi connectivity index (χ0n) is 8.03. The van der Waals surface area contributed by atoms with Crippen LogP contribution in [0.15, 0.2) is 15.9 Å². The van der Waals surface area contributed by atoms with Crippen LogP contribution in [0.5, 0.6) is 0 Å². The fourth-order valence-electron chi connectivity index (χ4n) is 1.32. The van der Waals surface area contributed by atoms with Crippen molar-refractivity contribution in [3.63, 3.8) is 0 Å². The van der Waals surface area contributed by atoms with Gasteiger partial charge in [-0.1, -0.05) is 0 Å². The molecule has 0 aliphatic carbocycles. The number of urea groups is 1. The Bertz CT molecular complexity index is 451. The Kier molecular flexibility index (Phi) is 3.06. The molecule has 1 fully saturated rings. The van der Waals surface area contributed by atoms with Gasteiger partial charge in [-0.15, -0.1) is 11.3 Å². The second kappa shape index (κ2) is 4.34. The van der Waals surface area contributed by atoms with Crippen molar-refractivity contribution >= 4 is 45.1 Å². The maximum absolute atomic E-state index is 11.5. The number of halogens is 1. The van der Waals surface area contributed by atoms with Crippen LogP contribution in [0.25, 0.3) is 0 Å². The molecule has 5 nitrogen and oxygen atoms in total. The molecule has 0 radical (unpaired) electrons. The second-order valence-electron chi connectivity index (χ2n) is 3.20. The van der Waals surface area contributed by atoms with Crippen molar-refractivity contribution in [2.24, 2.45) is 0 Å². The molecule has 1 aliphatic heterocycles. The lowest BCUT2D eigenvalue weighted by atomic mass is 10.3. The van der Waals surface area contributed by atoms with Crippen LogP contribution in [0.4, 0.5) is 4.79 Å². The normalized spacial score (nSPS) is 16.6. The fourth-order valence-corrected chi connectivity index (χ4v) is 2.78. The molecule has 2 rings (SSSR count). The standard InChI is InChI=1S/C9H7BrN2O3S/c10-5-1-2-16-6(5)4-12-8(14)3-7(13)11-9(12)15/h1-2H,3-4H2,(H,11,13,15). The summed E-state index contributed by atoms with van der Waals surface area (Å²) in [5.41, 5.74) is 0. The van der Waals surface area contributed by atoms with Gasteiger partial charge in [0.05, 0.1) is 6.54 Å². The molecular weight excluding hydrogens is 296 g/mol. The number of imide groups is 2. The van der Waals surface area contributed by atoms with E-state index < -0.39 is 17.8 Å². The lowest BCUT2D eigenvalue weighted by molar-refractivity contribution is -0.136. The molecule has 0 bridgehead atoms. The van der Waals surface area contributed by atoms with E-state index in [0.717, 1.165) is 14.2 Å². The van der Waals surface area contributed by atoms with Gasteiger partial charge < -0.3 is 0 Å². The number of barbiturate groups is 1. The minimum absolute atomic E-state index is 0.191. The Morgan fingerprint density at radius 3 is 2.75 bits per heavy atom. The average Bonchev–Trinajstić information content (AvgIpc) is 2.57. The van der Waals surface area contributed by atoms with E-state index in [1.54, 1.807) is 0 Å². The van der Waals surface area contributed by atoms with Crippen molar-refractivity contribution < 1.29 is 14.4 Å². The number of nitrogens with zero attached hydrogens (tertiary/aromatic N) is 1. The molecule has 0 aromatic carbocycles. The van der Waals surface area contributed by atoms with Gasteiger partial charge in [0.25, 0.3) is 0 Å². The Labute approximate surface area is 104 Å². The molecule has 0 spiro atoms. The SMILES string of the molecule is O=C1CC(=O)N(Cc2sccc2Br)C(=O)N1. The molecule has 0 saturated carbocycles. The van der Waals surface area contributed by atoms with Crippen LogP contribution in [0.3, 0.4) is 0 Å². The monoisotopic (exact) mass is 302 g/mol. The minimum Gasteiger partial charge on any atom is -0.277 e. The zero-order chi connectivity index (χ0) is 11.7. The molecule has 1 aromatic heterocycles. The van der Waals surface area contributed by atoms with Crippen molar-refractivity contribution in [3.8, 4) is 0 Å². The quantitative estimate of drug-likeness (QED) is 0.842. The van der Waals surface area contributed by atoms with Crippen molar-refractivity contribution in [1.82, 2.24) is 10.2 Å². The summed E-state index contributed by atoms with van der Waals surface area (Å²) < 4.78 is 0.856. The van der Waals surface area contributed by atoms with Crippen LogP contribution in [0.2, 0.25) is 0 Å². The first-order valence-corrected chi connectivity index (χ1v) is 6.11. The Balaban J connectivity index is 2.15. The number of nitrogens with one attached hydrogen (secondary N) is 1. The van der Waals surface area contributed by atoms with Crippen molar-refractivity contribution in [2.45, 2.75) is 13.0 Å². The maximum Gasteiger partial charge on any atom is 0.331 e. The highest BCUT2D eigenvalue weighted by Gasteiger charge is 2.31. The molecule has 7 heteroatoms. The van der Waals surface area contributed by atoms with E-state index in [2.05, 4.69) is 21.2 Å². The van der Waals surface area contributed by atoms with Crippen LogP contribution in [0, 0.1) is 0 Å². The summed E-state index contributed by atoms with van der Waals surface area (Å²) in [6.45, 7) is 0.191. The highest BCUT2D eigenvalue weighted by Crippen LogP contribution is 2.24. The van der Waals surface area contributed by atoms with Crippen LogP contribution >= 0.6 is 27.3 Å². The Morgan fingerprint density at radius 1 is 1.44 bits per heavy atom. The van der Waals surface area contributed by atoms with E-state index in [-0.39, 0.29) is 13.0 Å². The molecule has 1 aromatic rings. The van der Waals surface area contributed by atoms with Crippen LogP contribution in [-0.2, 0) is 16.1 Å². The molecule has 16 heavy (non-hydrogen) atoms. The van der Waals surface area contributed by atoms with E-state index in [1.807, 2.05) is 11.4 Å². The number of hydrogen-bond acceptors (Lipinski definition) is 4. The van der Waals surface area contributed by atoms with Gasteiger partial charge in [0.15, 0.2) is 0 Å². The number of rotatable bonds is 2. The predicted molar refractivity (Wildman–Crippen MR) is 60.7 cm³/mol. The van der Waals surface area contributed by atoms with Crippen LogP contribution in [0.1, 0.15) is 11.3 Å². The first-order chi connectivity index (χ1) is 7.58. The average molecular weight is 303 g/mol. The third-order valence-corrected chi connectivity index (χ3v) is 4.01. The topological polar surface area (TPSA) is 66.5 Å². The summed E-state index contributed by atoms with van der Waals surface area (Å²) in [5, 5.41) is 3.97. The third kappa shape index (κ3) is 2.14. The Hall–Kier alpha value is -1.21. The van der Waals surface area contributed by atoms with Gasteiger partial charge in [0.1, 0.15) is 6.42 Å². The van der Waals surface area contributed by atoms with Crippen LogP contribution in [-0.4, -0.2) is 22.7 Å². The molecule has 1 N–H and O–H groups in total. The molecule has 1 aliphatic rings. The lowest BCUT2D eigenvalue weighted by Gasteiger charge is -2.24. The summed E-state index contributed by atoms with van der Waals surface area (Å²) in [6.07, 6.45) is -0.269. The van der Waals surface area contributed by atoms with Crippen LogP contribution < -0.4 is 5.32 Å². The van der Waals surface area contributed by atoms with Gasteiger partial charge >= 0.3 is 6.03 Å². The van der Waals surface area contributed by atoms with Crippen molar-refractivity contribution in [1.29, 1.82) is 0 Å². The summed E-state index contributed by atoms with van der Waals surface area (Å²) in [5.74, 6) is -1.01. The molecule has 2 heterocycles. The van der Waals surface area contributed by atoms with Gasteiger partial charge in [0, 0.05) is 9.35 Å². The van der Waals surface area contributed by atoms with E-state index >= 15 is 0 Å². The fraction of sp³-hybridized carbons (Fsp3) is 0.222. The van der Waals surface area contributed by atoms with Gasteiger partial charge in [-0.3, -0.25) is 19.8 Å². The molecule has 4 amide bonds. The minimum atomic E-state index is -0.651. The van der Waals surface area contributed by atoms with E-state index in [1.165, 1.54) is 11.3 Å². The highest BCUT2D eigenvalue weighted by atomic mass is 79.9. The molecule has 84 valence electrons. The predicted octanol–water partition coefficient (Wildman–Crippen LogP) is 1.48. The summed E-state index contributed by atoms with van der Waals surface area (Å²) >= 11 is 4.76.